The fourth-order valence-electron chi connectivity index (χ4n) is 1.48. The summed E-state index contributed by atoms with van der Waals surface area (Å²) < 4.78 is 5.07. The highest BCUT2D eigenvalue weighted by Gasteiger charge is 2.06. The summed E-state index contributed by atoms with van der Waals surface area (Å²) >= 11 is 0. The Kier molecular flexibility index (Phi) is 5.64. The lowest BCUT2D eigenvalue weighted by Gasteiger charge is -2.07. The fraction of sp³-hybridized carbons (Fsp3) is 0.286. The largest absolute Gasteiger partial charge is 0.481 e. The van der Waals surface area contributed by atoms with Crippen LogP contribution in [-0.2, 0) is 20.9 Å². The highest BCUT2D eigenvalue weighted by molar-refractivity contribution is 5.71. The minimum atomic E-state index is -0.903. The van der Waals surface area contributed by atoms with Gasteiger partial charge in [-0.3, -0.25) is 9.59 Å². The Balaban J connectivity index is 2.38. The molecule has 1 rings (SSSR count). The van der Waals surface area contributed by atoms with Crippen LogP contribution in [0.15, 0.2) is 30.8 Å². The summed E-state index contributed by atoms with van der Waals surface area (Å²) in [4.78, 5) is 21.6. The van der Waals surface area contributed by atoms with Crippen LogP contribution in [0.4, 0.5) is 0 Å². The normalized spacial score (nSPS) is 9.78. The van der Waals surface area contributed by atoms with Crippen molar-refractivity contribution in [2.45, 2.75) is 25.9 Å². The molecule has 18 heavy (non-hydrogen) atoms. The van der Waals surface area contributed by atoms with E-state index in [1.165, 1.54) is 0 Å². The maximum Gasteiger partial charge on any atom is 0.306 e. The van der Waals surface area contributed by atoms with Crippen molar-refractivity contribution in [1.82, 2.24) is 0 Å². The Hall–Kier alpha value is -2.10. The molecule has 0 radical (unpaired) electrons. The molecule has 0 spiro atoms. The van der Waals surface area contributed by atoms with Crippen molar-refractivity contribution in [3.05, 3.63) is 42.0 Å². The summed E-state index contributed by atoms with van der Waals surface area (Å²) in [6, 6.07) is 7.50. The third kappa shape index (κ3) is 4.82. The van der Waals surface area contributed by atoms with E-state index >= 15 is 0 Å². The van der Waals surface area contributed by atoms with Gasteiger partial charge in [0.25, 0.3) is 0 Å². The Morgan fingerprint density at radius 1 is 1.28 bits per heavy atom. The Morgan fingerprint density at radius 3 is 2.67 bits per heavy atom. The van der Waals surface area contributed by atoms with E-state index in [0.717, 1.165) is 11.1 Å². The van der Waals surface area contributed by atoms with Gasteiger partial charge in [0, 0.05) is 12.8 Å². The summed E-state index contributed by atoms with van der Waals surface area (Å²) in [6.45, 7) is 3.87. The molecule has 1 N–H and O–H groups in total. The smallest absolute Gasteiger partial charge is 0.306 e. The number of hydrogen-bond acceptors (Lipinski definition) is 3. The number of aliphatic carboxylic acids is 1. The minimum Gasteiger partial charge on any atom is -0.481 e. The summed E-state index contributed by atoms with van der Waals surface area (Å²) in [7, 11) is 0. The predicted octanol–water partition coefficient (Wildman–Crippen LogP) is 2.63. The third-order valence-corrected chi connectivity index (χ3v) is 2.44. The van der Waals surface area contributed by atoms with E-state index in [1.54, 1.807) is 6.08 Å². The highest BCUT2D eigenvalue weighted by Crippen LogP contribution is 2.11. The second-order valence-corrected chi connectivity index (χ2v) is 3.81. The Morgan fingerprint density at radius 2 is 2.00 bits per heavy atom. The zero-order chi connectivity index (χ0) is 13.4. The minimum absolute atomic E-state index is 0.0155. The first-order valence-corrected chi connectivity index (χ1v) is 5.71. The lowest BCUT2D eigenvalue weighted by Crippen LogP contribution is -2.06. The van der Waals surface area contributed by atoms with E-state index < -0.39 is 5.97 Å². The number of hydrogen-bond donors (Lipinski definition) is 1. The van der Waals surface area contributed by atoms with Crippen molar-refractivity contribution in [1.29, 1.82) is 0 Å². The highest BCUT2D eigenvalue weighted by atomic mass is 16.5. The van der Waals surface area contributed by atoms with E-state index in [1.807, 2.05) is 24.3 Å². The second kappa shape index (κ2) is 7.27. The average molecular weight is 248 g/mol. The van der Waals surface area contributed by atoms with E-state index in [9.17, 15) is 9.59 Å². The van der Waals surface area contributed by atoms with Gasteiger partial charge in [-0.05, 0) is 17.5 Å². The molecule has 0 aliphatic rings. The van der Waals surface area contributed by atoms with Crippen LogP contribution in [0.5, 0.6) is 0 Å². The Bertz CT molecular complexity index is 437. The molecule has 4 nitrogen and oxygen atoms in total. The maximum atomic E-state index is 11.4. The number of rotatable bonds is 7. The summed E-state index contributed by atoms with van der Waals surface area (Å²) in [5.74, 6) is -1.28. The molecular weight excluding hydrogens is 232 g/mol. The molecule has 0 saturated carbocycles. The molecule has 0 aliphatic carbocycles. The number of carbonyl (C=O) groups excluding carboxylic acids is 1. The van der Waals surface area contributed by atoms with Crippen LogP contribution in [0.25, 0.3) is 6.08 Å². The fourth-order valence-corrected chi connectivity index (χ4v) is 1.48. The van der Waals surface area contributed by atoms with Crippen LogP contribution in [0, 0.1) is 0 Å². The Labute approximate surface area is 106 Å². The second-order valence-electron chi connectivity index (χ2n) is 3.81. The van der Waals surface area contributed by atoms with Crippen LogP contribution in [0.3, 0.4) is 0 Å². The molecule has 0 amide bonds. The lowest BCUT2D eigenvalue weighted by molar-refractivity contribution is -0.145. The molecular formula is C14H16O4. The van der Waals surface area contributed by atoms with Gasteiger partial charge < -0.3 is 9.84 Å². The van der Waals surface area contributed by atoms with Gasteiger partial charge in [0.1, 0.15) is 6.61 Å². The quantitative estimate of drug-likeness (QED) is 0.753. The molecule has 4 heteroatoms. The summed E-state index contributed by atoms with van der Waals surface area (Å²) in [5, 5.41) is 8.44. The third-order valence-electron chi connectivity index (χ3n) is 2.44. The van der Waals surface area contributed by atoms with Gasteiger partial charge in [0.15, 0.2) is 0 Å². The standard InChI is InChI=1S/C14H16O4/c1-2-11-6-3-4-7-12(11)10-18-14(17)9-5-8-13(15)16/h2-4,6-7H,1,5,8-10H2,(H,15,16). The van der Waals surface area contributed by atoms with Crippen LogP contribution in [-0.4, -0.2) is 17.0 Å². The van der Waals surface area contributed by atoms with Crippen LogP contribution >= 0.6 is 0 Å². The zero-order valence-corrected chi connectivity index (χ0v) is 10.1. The van der Waals surface area contributed by atoms with Crippen molar-refractivity contribution in [2.24, 2.45) is 0 Å². The van der Waals surface area contributed by atoms with E-state index in [2.05, 4.69) is 6.58 Å². The van der Waals surface area contributed by atoms with Crippen molar-refractivity contribution in [3.63, 3.8) is 0 Å². The van der Waals surface area contributed by atoms with Gasteiger partial charge in [-0.1, -0.05) is 36.9 Å². The van der Waals surface area contributed by atoms with Crippen molar-refractivity contribution < 1.29 is 19.4 Å². The molecule has 0 atom stereocenters. The molecule has 0 bridgehead atoms. The summed E-state index contributed by atoms with van der Waals surface area (Å²) in [5.41, 5.74) is 1.81. The van der Waals surface area contributed by atoms with E-state index in [0.29, 0.717) is 6.42 Å². The first-order valence-electron chi connectivity index (χ1n) is 5.71. The van der Waals surface area contributed by atoms with Gasteiger partial charge in [-0.2, -0.15) is 0 Å². The molecule has 0 aliphatic heterocycles. The molecule has 0 heterocycles. The zero-order valence-electron chi connectivity index (χ0n) is 10.1. The number of benzene rings is 1. The van der Waals surface area contributed by atoms with Crippen molar-refractivity contribution in [2.75, 3.05) is 0 Å². The average Bonchev–Trinajstić information content (AvgIpc) is 2.36. The van der Waals surface area contributed by atoms with Gasteiger partial charge in [0.2, 0.25) is 0 Å². The SMILES string of the molecule is C=Cc1ccccc1COC(=O)CCCC(=O)O. The molecule has 1 aromatic rings. The van der Waals surface area contributed by atoms with E-state index in [4.69, 9.17) is 9.84 Å². The van der Waals surface area contributed by atoms with Gasteiger partial charge in [-0.15, -0.1) is 0 Å². The topological polar surface area (TPSA) is 63.6 Å². The summed E-state index contributed by atoms with van der Waals surface area (Å²) in [6.07, 6.45) is 2.12. The molecule has 0 aromatic heterocycles. The van der Waals surface area contributed by atoms with Crippen LogP contribution < -0.4 is 0 Å². The van der Waals surface area contributed by atoms with Crippen molar-refractivity contribution in [3.8, 4) is 0 Å². The maximum absolute atomic E-state index is 11.4. The number of carboxylic acid groups (broad SMARTS) is 1. The first-order chi connectivity index (χ1) is 8.63. The first kappa shape index (κ1) is 14.0. The van der Waals surface area contributed by atoms with Crippen molar-refractivity contribution >= 4 is 18.0 Å². The number of carbonyl (C=O) groups is 2. The molecule has 0 saturated heterocycles. The monoisotopic (exact) mass is 248 g/mol. The lowest BCUT2D eigenvalue weighted by atomic mass is 10.1. The van der Waals surface area contributed by atoms with Crippen LogP contribution in [0.2, 0.25) is 0 Å². The van der Waals surface area contributed by atoms with E-state index in [-0.39, 0.29) is 25.4 Å². The number of carboxylic acids is 1. The van der Waals surface area contributed by atoms with Gasteiger partial charge >= 0.3 is 11.9 Å². The molecule has 96 valence electrons. The van der Waals surface area contributed by atoms with Gasteiger partial charge in [0.05, 0.1) is 0 Å². The molecule has 0 fully saturated rings. The van der Waals surface area contributed by atoms with Crippen LogP contribution in [0.1, 0.15) is 30.4 Å². The number of ether oxygens (including phenoxy) is 1. The molecule has 1 aromatic carbocycles. The predicted molar refractivity (Wildman–Crippen MR) is 67.8 cm³/mol. The van der Waals surface area contributed by atoms with Gasteiger partial charge in [-0.25, -0.2) is 0 Å². The number of esters is 1. The molecule has 0 unspecified atom stereocenters.